The van der Waals surface area contributed by atoms with Crippen molar-refractivity contribution in [1.29, 1.82) is 0 Å². The van der Waals surface area contributed by atoms with Crippen LogP contribution in [0, 0.1) is 11.3 Å². The van der Waals surface area contributed by atoms with Gasteiger partial charge in [0.05, 0.1) is 0 Å². The largest absolute Gasteiger partial charge is 0.356 e. The zero-order valence-electron chi connectivity index (χ0n) is 8.72. The Hall–Kier alpha value is -0.570. The molecule has 0 spiro atoms. The molecular formula is C11H20N2O. The van der Waals surface area contributed by atoms with Crippen LogP contribution in [0.15, 0.2) is 0 Å². The minimum Gasteiger partial charge on any atom is -0.356 e. The molecule has 2 fully saturated rings. The molecular weight excluding hydrogens is 176 g/mol. The van der Waals surface area contributed by atoms with Gasteiger partial charge in [0.15, 0.2) is 0 Å². The van der Waals surface area contributed by atoms with Gasteiger partial charge >= 0.3 is 0 Å². The second-order valence-electron chi connectivity index (χ2n) is 4.98. The Morgan fingerprint density at radius 3 is 2.57 bits per heavy atom. The van der Waals surface area contributed by atoms with Gasteiger partial charge in [-0.05, 0) is 43.6 Å². The SMILES string of the molecule is NCC1(CC(=O)NCC2CC2)CCC1. The molecule has 0 saturated heterocycles. The van der Waals surface area contributed by atoms with E-state index >= 15 is 0 Å². The minimum atomic E-state index is 0.160. The highest BCUT2D eigenvalue weighted by atomic mass is 16.1. The van der Waals surface area contributed by atoms with E-state index in [0.717, 1.165) is 25.3 Å². The maximum atomic E-state index is 11.6. The predicted molar refractivity (Wildman–Crippen MR) is 55.7 cm³/mol. The van der Waals surface area contributed by atoms with Gasteiger partial charge in [0, 0.05) is 13.0 Å². The number of hydrogen-bond donors (Lipinski definition) is 2. The molecule has 2 rings (SSSR count). The van der Waals surface area contributed by atoms with Crippen LogP contribution < -0.4 is 11.1 Å². The number of nitrogens with one attached hydrogen (secondary N) is 1. The zero-order valence-corrected chi connectivity index (χ0v) is 8.72. The van der Waals surface area contributed by atoms with E-state index in [1.54, 1.807) is 0 Å². The lowest BCUT2D eigenvalue weighted by molar-refractivity contribution is -0.124. The van der Waals surface area contributed by atoms with Crippen LogP contribution in [0.5, 0.6) is 0 Å². The molecule has 2 aliphatic rings. The first-order chi connectivity index (χ1) is 6.74. The summed E-state index contributed by atoms with van der Waals surface area (Å²) in [5.41, 5.74) is 5.87. The van der Waals surface area contributed by atoms with Crippen molar-refractivity contribution in [3.8, 4) is 0 Å². The lowest BCUT2D eigenvalue weighted by Crippen LogP contribution is -2.42. The van der Waals surface area contributed by atoms with E-state index < -0.39 is 0 Å². The van der Waals surface area contributed by atoms with Crippen molar-refractivity contribution in [2.75, 3.05) is 13.1 Å². The Morgan fingerprint density at radius 2 is 2.14 bits per heavy atom. The second kappa shape index (κ2) is 3.89. The molecule has 3 nitrogen and oxygen atoms in total. The van der Waals surface area contributed by atoms with E-state index in [9.17, 15) is 4.79 Å². The molecule has 0 atom stereocenters. The van der Waals surface area contributed by atoms with Gasteiger partial charge in [0.1, 0.15) is 0 Å². The Kier molecular flexibility index (Phi) is 2.77. The summed E-state index contributed by atoms with van der Waals surface area (Å²) in [4.78, 5) is 11.6. The third-order valence-corrected chi connectivity index (χ3v) is 3.67. The highest BCUT2D eigenvalue weighted by Crippen LogP contribution is 2.42. The van der Waals surface area contributed by atoms with Gasteiger partial charge in [-0.1, -0.05) is 6.42 Å². The van der Waals surface area contributed by atoms with E-state index in [1.165, 1.54) is 19.3 Å². The Morgan fingerprint density at radius 1 is 1.43 bits per heavy atom. The third kappa shape index (κ3) is 2.27. The van der Waals surface area contributed by atoms with Gasteiger partial charge < -0.3 is 11.1 Å². The number of carbonyl (C=O) groups excluding carboxylic acids is 1. The maximum Gasteiger partial charge on any atom is 0.220 e. The van der Waals surface area contributed by atoms with E-state index in [4.69, 9.17) is 5.73 Å². The van der Waals surface area contributed by atoms with Crippen LogP contribution in [0.2, 0.25) is 0 Å². The quantitative estimate of drug-likeness (QED) is 0.690. The summed E-state index contributed by atoms with van der Waals surface area (Å²) in [7, 11) is 0. The first kappa shape index (κ1) is 9.97. The summed E-state index contributed by atoms with van der Waals surface area (Å²) < 4.78 is 0. The summed E-state index contributed by atoms with van der Waals surface area (Å²) in [6.07, 6.45) is 6.76. The van der Waals surface area contributed by atoms with Crippen molar-refractivity contribution >= 4 is 5.91 Å². The molecule has 0 aromatic carbocycles. The zero-order chi connectivity index (χ0) is 10.0. The molecule has 3 heteroatoms. The summed E-state index contributed by atoms with van der Waals surface area (Å²) in [6, 6.07) is 0. The summed E-state index contributed by atoms with van der Waals surface area (Å²) in [5.74, 6) is 0.983. The van der Waals surface area contributed by atoms with Crippen molar-refractivity contribution in [3.05, 3.63) is 0 Å². The fourth-order valence-electron chi connectivity index (χ4n) is 2.11. The Balaban J connectivity index is 1.69. The molecule has 0 radical (unpaired) electrons. The minimum absolute atomic E-state index is 0.160. The first-order valence-electron chi connectivity index (χ1n) is 5.71. The molecule has 0 aromatic rings. The molecule has 2 aliphatic carbocycles. The number of rotatable bonds is 5. The molecule has 0 unspecified atom stereocenters. The monoisotopic (exact) mass is 196 g/mol. The van der Waals surface area contributed by atoms with E-state index in [-0.39, 0.29) is 11.3 Å². The van der Waals surface area contributed by atoms with Crippen molar-refractivity contribution in [1.82, 2.24) is 5.32 Å². The predicted octanol–water partition coefficient (Wildman–Crippen LogP) is 1.03. The molecule has 2 saturated carbocycles. The average molecular weight is 196 g/mol. The third-order valence-electron chi connectivity index (χ3n) is 3.67. The summed E-state index contributed by atoms with van der Waals surface area (Å²) in [6.45, 7) is 1.56. The first-order valence-corrected chi connectivity index (χ1v) is 5.71. The topological polar surface area (TPSA) is 55.1 Å². The van der Waals surface area contributed by atoms with Gasteiger partial charge in [0.25, 0.3) is 0 Å². The van der Waals surface area contributed by atoms with Crippen LogP contribution >= 0.6 is 0 Å². The Bertz CT molecular complexity index is 214. The second-order valence-corrected chi connectivity index (χ2v) is 4.98. The van der Waals surface area contributed by atoms with Gasteiger partial charge in [-0.15, -0.1) is 0 Å². The maximum absolute atomic E-state index is 11.6. The molecule has 3 N–H and O–H groups in total. The number of nitrogens with two attached hydrogens (primary N) is 1. The number of carbonyl (C=O) groups is 1. The summed E-state index contributed by atoms with van der Waals surface area (Å²) >= 11 is 0. The van der Waals surface area contributed by atoms with Gasteiger partial charge in [-0.25, -0.2) is 0 Å². The molecule has 80 valence electrons. The van der Waals surface area contributed by atoms with Crippen LogP contribution in [-0.2, 0) is 4.79 Å². The van der Waals surface area contributed by atoms with E-state index in [2.05, 4.69) is 5.32 Å². The van der Waals surface area contributed by atoms with Gasteiger partial charge in [0.2, 0.25) is 5.91 Å². The van der Waals surface area contributed by atoms with Crippen LogP contribution in [-0.4, -0.2) is 19.0 Å². The molecule has 0 aromatic heterocycles. The van der Waals surface area contributed by atoms with Crippen molar-refractivity contribution in [2.45, 2.75) is 38.5 Å². The average Bonchev–Trinajstić information content (AvgIpc) is 2.91. The molecule has 0 heterocycles. The fraction of sp³-hybridized carbons (Fsp3) is 0.909. The molecule has 0 bridgehead atoms. The van der Waals surface area contributed by atoms with Crippen LogP contribution in [0.25, 0.3) is 0 Å². The van der Waals surface area contributed by atoms with Crippen molar-refractivity contribution in [3.63, 3.8) is 0 Å². The lowest BCUT2D eigenvalue weighted by atomic mass is 9.66. The summed E-state index contributed by atoms with van der Waals surface area (Å²) in [5, 5.41) is 3.01. The van der Waals surface area contributed by atoms with Crippen LogP contribution in [0.3, 0.4) is 0 Å². The molecule has 14 heavy (non-hydrogen) atoms. The van der Waals surface area contributed by atoms with Crippen molar-refractivity contribution < 1.29 is 4.79 Å². The Labute approximate surface area is 85.4 Å². The standard InChI is InChI=1S/C11H20N2O/c12-8-11(4-1-5-11)6-10(14)13-7-9-2-3-9/h9H,1-8,12H2,(H,13,14). The molecule has 0 aliphatic heterocycles. The van der Waals surface area contributed by atoms with Crippen LogP contribution in [0.4, 0.5) is 0 Å². The smallest absolute Gasteiger partial charge is 0.220 e. The highest BCUT2D eigenvalue weighted by molar-refractivity contribution is 5.76. The van der Waals surface area contributed by atoms with Crippen LogP contribution in [0.1, 0.15) is 38.5 Å². The van der Waals surface area contributed by atoms with E-state index in [0.29, 0.717) is 13.0 Å². The highest BCUT2D eigenvalue weighted by Gasteiger charge is 2.37. The van der Waals surface area contributed by atoms with Gasteiger partial charge in [-0.3, -0.25) is 4.79 Å². The fourth-order valence-corrected chi connectivity index (χ4v) is 2.11. The van der Waals surface area contributed by atoms with Gasteiger partial charge in [-0.2, -0.15) is 0 Å². The van der Waals surface area contributed by atoms with Crippen molar-refractivity contribution in [2.24, 2.45) is 17.1 Å². The normalized spacial score (nSPS) is 24.1. The number of amides is 1. The molecule has 1 amide bonds. The van der Waals surface area contributed by atoms with E-state index in [1.807, 2.05) is 0 Å². The lowest BCUT2D eigenvalue weighted by Gasteiger charge is -2.40. The number of hydrogen-bond acceptors (Lipinski definition) is 2.